The molecule has 6 heavy (non-hydrogen) atoms. The lowest BCUT2D eigenvalue weighted by atomic mass is 9.82. The van der Waals surface area contributed by atoms with Crippen LogP contribution in [0.25, 0.3) is 0 Å². The minimum Gasteiger partial charge on any atom is -0.0815 e. The third kappa shape index (κ3) is 4.13. The molecule has 0 bridgehead atoms. The average Bonchev–Trinajstić information content (AvgIpc) is 1.35. The second-order valence-corrected chi connectivity index (χ2v) is 2.18. The monoisotopic (exact) mass is 82.1 g/mol. The van der Waals surface area contributed by atoms with Crippen LogP contribution in [0.2, 0.25) is 12.1 Å². The third-order valence-electron chi connectivity index (χ3n) is 0.866. The van der Waals surface area contributed by atoms with E-state index in [9.17, 15) is 0 Å². The first-order valence-corrected chi connectivity index (χ1v) is 2.77. The maximum Gasteiger partial charge on any atom is 0.105 e. The van der Waals surface area contributed by atoms with Gasteiger partial charge in [-0.2, -0.15) is 0 Å². The first kappa shape index (κ1) is 6.13. The van der Waals surface area contributed by atoms with Gasteiger partial charge in [-0.1, -0.05) is 25.5 Å². The van der Waals surface area contributed by atoms with E-state index < -0.39 is 0 Å². The fraction of sp³-hybridized carbons (Fsp3) is 1.00. The molecule has 0 amide bonds. The summed E-state index contributed by atoms with van der Waals surface area (Å²) in [5.41, 5.74) is 0. The second-order valence-electron chi connectivity index (χ2n) is 2.18. The van der Waals surface area contributed by atoms with Gasteiger partial charge in [0.05, 0.1) is 0 Å². The molecule has 1 atom stereocenters. The predicted molar refractivity (Wildman–Crippen MR) is 35.9 cm³/mol. The van der Waals surface area contributed by atoms with Crippen LogP contribution in [0, 0.1) is 0 Å². The highest BCUT2D eigenvalue weighted by atomic mass is 13.8. The Morgan fingerprint density at radius 1 is 1.67 bits per heavy atom. The Kier molecular flexibility index (Phi) is 3.40. The van der Waals surface area contributed by atoms with E-state index in [4.69, 9.17) is 0 Å². The maximum atomic E-state index is 2.25. The smallest absolute Gasteiger partial charge is 0.0815 e. The molecule has 1 unspecified atom stereocenters. The van der Waals surface area contributed by atoms with Crippen molar-refractivity contribution in [3.8, 4) is 0 Å². The van der Waals surface area contributed by atoms with Crippen molar-refractivity contribution in [1.29, 1.82) is 0 Å². The molecule has 0 heterocycles. The van der Waals surface area contributed by atoms with Crippen molar-refractivity contribution in [2.45, 2.75) is 25.5 Å². The van der Waals surface area contributed by atoms with Gasteiger partial charge in [0.25, 0.3) is 0 Å². The van der Waals surface area contributed by atoms with Crippen LogP contribution in [0.4, 0.5) is 0 Å². The fourth-order valence-corrected chi connectivity index (χ4v) is 0.577. The summed E-state index contributed by atoms with van der Waals surface area (Å²) in [5.74, 6) is 0.898. The zero-order valence-electron chi connectivity index (χ0n) is 4.99. The Bertz CT molecular complexity index is 26.7. The summed E-state index contributed by atoms with van der Waals surface area (Å²) < 4.78 is 0. The van der Waals surface area contributed by atoms with Crippen LogP contribution < -0.4 is 0 Å². The van der Waals surface area contributed by atoms with Crippen LogP contribution in [0.3, 0.4) is 0 Å². The maximum absolute atomic E-state index is 2.25. The first-order chi connectivity index (χ1) is 2.77. The molecule has 0 saturated carbocycles. The van der Waals surface area contributed by atoms with Gasteiger partial charge < -0.3 is 0 Å². The summed E-state index contributed by atoms with van der Waals surface area (Å²) in [6.07, 6.45) is 2.71. The van der Waals surface area contributed by atoms with E-state index in [2.05, 4.69) is 22.6 Å². The topological polar surface area (TPSA) is 0 Å². The van der Waals surface area contributed by atoms with Gasteiger partial charge in [0.2, 0.25) is 0 Å². The lowest BCUT2D eigenvalue weighted by Crippen LogP contribution is -1.82. The van der Waals surface area contributed by atoms with E-state index in [0.717, 1.165) is 5.82 Å². The fourth-order valence-electron chi connectivity index (χ4n) is 0.577. The molecule has 2 heteroatoms. The van der Waals surface area contributed by atoms with Crippen molar-refractivity contribution in [1.82, 2.24) is 0 Å². The Hall–Kier alpha value is 0.130. The molecule has 0 aromatic heterocycles. The molecule has 0 saturated heterocycles. The van der Waals surface area contributed by atoms with Gasteiger partial charge in [-0.3, -0.25) is 0 Å². The van der Waals surface area contributed by atoms with Crippen LogP contribution in [0.5, 0.6) is 0 Å². The van der Waals surface area contributed by atoms with Gasteiger partial charge in [0.15, 0.2) is 0 Å². The molecule has 0 N–H and O–H groups in total. The molecule has 0 aromatic rings. The normalized spacial score (nSPS) is 14.2. The molecular weight excluding hydrogens is 69.7 g/mol. The summed E-state index contributed by atoms with van der Waals surface area (Å²) in [5, 5.41) is 0. The van der Waals surface area contributed by atoms with Gasteiger partial charge in [-0.15, -0.1) is 0 Å². The van der Waals surface area contributed by atoms with Crippen molar-refractivity contribution in [2.24, 2.45) is 0 Å². The molecule has 0 aliphatic carbocycles. The van der Waals surface area contributed by atoms with Crippen molar-refractivity contribution >= 4 is 15.7 Å². The number of rotatable bonds is 2. The average molecular weight is 81.8 g/mol. The second kappa shape index (κ2) is 3.32. The minimum absolute atomic E-state index is 0.898. The van der Waals surface area contributed by atoms with Gasteiger partial charge in [-0.25, -0.2) is 0 Å². The van der Waals surface area contributed by atoms with Crippen molar-refractivity contribution in [3.05, 3.63) is 0 Å². The Morgan fingerprint density at radius 2 is 2.17 bits per heavy atom. The summed E-state index contributed by atoms with van der Waals surface area (Å²) in [6, 6.07) is 0. The Morgan fingerprint density at radius 3 is 2.17 bits per heavy atom. The van der Waals surface area contributed by atoms with Gasteiger partial charge in [0, 0.05) is 0 Å². The minimum atomic E-state index is 0.898. The van der Waals surface area contributed by atoms with E-state index in [0.29, 0.717) is 0 Å². The molecule has 0 aliphatic heterocycles. The Labute approximate surface area is 42.1 Å². The predicted octanol–water partition coefficient (Wildman–Crippen LogP) is -0.131. The molecule has 0 aromatic carbocycles. The van der Waals surface area contributed by atoms with E-state index in [-0.39, 0.29) is 0 Å². The summed E-state index contributed by atoms with van der Waals surface area (Å²) in [7, 11) is 4.48. The third-order valence-corrected chi connectivity index (χ3v) is 0.866. The van der Waals surface area contributed by atoms with E-state index >= 15 is 0 Å². The molecule has 0 aliphatic rings. The van der Waals surface area contributed by atoms with Gasteiger partial charge >= 0.3 is 0 Å². The van der Waals surface area contributed by atoms with E-state index in [1.54, 1.807) is 0 Å². The van der Waals surface area contributed by atoms with Crippen LogP contribution >= 0.6 is 0 Å². The zero-order chi connectivity index (χ0) is 4.99. The van der Waals surface area contributed by atoms with Crippen LogP contribution in [0.1, 0.15) is 13.3 Å². The van der Waals surface area contributed by atoms with Gasteiger partial charge in [-0.05, 0) is 0 Å². The molecule has 0 spiro atoms. The highest BCUT2D eigenvalue weighted by Gasteiger charge is 1.86. The van der Waals surface area contributed by atoms with Crippen LogP contribution in [0.15, 0.2) is 0 Å². The molecule has 0 nitrogen and oxygen atoms in total. The number of hydrogen-bond acceptors (Lipinski definition) is 0. The van der Waals surface area contributed by atoms with Gasteiger partial charge in [0.1, 0.15) is 15.7 Å². The molecule has 0 fully saturated rings. The standard InChI is InChI=1S/C4H12B2/c1-4(6)2-3-5/h4H,2-3,5-6H2,1H3. The molecule has 0 rings (SSSR count). The molecular formula is C4H12B2. The summed E-state index contributed by atoms with van der Waals surface area (Å²) >= 11 is 0. The zero-order valence-corrected chi connectivity index (χ0v) is 4.99. The van der Waals surface area contributed by atoms with Crippen LogP contribution in [-0.4, -0.2) is 15.7 Å². The van der Waals surface area contributed by atoms with Crippen molar-refractivity contribution in [3.63, 3.8) is 0 Å². The quantitative estimate of drug-likeness (QED) is 0.407. The van der Waals surface area contributed by atoms with Crippen molar-refractivity contribution in [2.75, 3.05) is 0 Å². The number of hydrogen-bond donors (Lipinski definition) is 0. The highest BCUT2D eigenvalue weighted by Crippen LogP contribution is 2.03. The Balaban J connectivity index is 2.63. The largest absolute Gasteiger partial charge is 0.105 e. The van der Waals surface area contributed by atoms with Crippen LogP contribution in [-0.2, 0) is 0 Å². The highest BCUT2D eigenvalue weighted by molar-refractivity contribution is 6.13. The van der Waals surface area contributed by atoms with E-state index in [1.165, 1.54) is 12.7 Å². The van der Waals surface area contributed by atoms with Crippen molar-refractivity contribution < 1.29 is 0 Å². The lowest BCUT2D eigenvalue weighted by Gasteiger charge is -1.95. The summed E-state index contributed by atoms with van der Waals surface area (Å²) in [4.78, 5) is 0. The molecule has 34 valence electrons. The lowest BCUT2D eigenvalue weighted by molar-refractivity contribution is 0.878. The SMILES string of the molecule is BCCC(B)C. The molecule has 0 radical (unpaired) electrons. The first-order valence-electron chi connectivity index (χ1n) is 2.77. The van der Waals surface area contributed by atoms with E-state index in [1.807, 2.05) is 0 Å². The summed E-state index contributed by atoms with van der Waals surface area (Å²) in [6.45, 7) is 2.25.